The zero-order valence-electron chi connectivity index (χ0n) is 12.4. The highest BCUT2D eigenvalue weighted by atomic mass is 32.2. The first-order chi connectivity index (χ1) is 10.6. The van der Waals surface area contributed by atoms with Crippen molar-refractivity contribution >= 4 is 16.7 Å². The summed E-state index contributed by atoms with van der Waals surface area (Å²) < 4.78 is 13.0. The molecule has 116 valence electrons. The fourth-order valence-corrected chi connectivity index (χ4v) is 3.17. The number of carbonyl (C=O) groups excluding carboxylic acids is 1. The van der Waals surface area contributed by atoms with Crippen LogP contribution >= 0.6 is 0 Å². The van der Waals surface area contributed by atoms with Gasteiger partial charge in [0.25, 0.3) is 0 Å². The van der Waals surface area contributed by atoms with Gasteiger partial charge >= 0.3 is 0 Å². The molecule has 0 bridgehead atoms. The molecule has 1 aromatic heterocycles. The van der Waals surface area contributed by atoms with Crippen LogP contribution in [0.5, 0.6) is 0 Å². The molecule has 1 saturated carbocycles. The minimum atomic E-state index is -1.25. The highest BCUT2D eigenvalue weighted by Gasteiger charge is 2.44. The molecule has 1 aliphatic carbocycles. The molecular formula is C15H18N4O2S. The molecule has 1 atom stereocenters. The molecular weight excluding hydrogens is 300 g/mol. The SMILES string of the molecule is CS(=O)c1nncn1CC(=O)NCC1(c2ccccc2)CC1. The lowest BCUT2D eigenvalue weighted by molar-refractivity contribution is -0.121. The van der Waals surface area contributed by atoms with Gasteiger partial charge in [0, 0.05) is 18.2 Å². The van der Waals surface area contributed by atoms with Crippen molar-refractivity contribution in [1.82, 2.24) is 20.1 Å². The van der Waals surface area contributed by atoms with Gasteiger partial charge in [-0.25, -0.2) is 0 Å². The van der Waals surface area contributed by atoms with Crippen LogP contribution in [0.25, 0.3) is 0 Å². The Morgan fingerprint density at radius 1 is 1.36 bits per heavy atom. The van der Waals surface area contributed by atoms with Crippen molar-refractivity contribution in [1.29, 1.82) is 0 Å². The number of nitrogens with one attached hydrogen (secondary N) is 1. The maximum absolute atomic E-state index is 12.1. The van der Waals surface area contributed by atoms with E-state index in [2.05, 4.69) is 27.6 Å². The van der Waals surface area contributed by atoms with Crippen molar-refractivity contribution in [3.8, 4) is 0 Å². The van der Waals surface area contributed by atoms with Gasteiger partial charge in [-0.15, -0.1) is 10.2 Å². The van der Waals surface area contributed by atoms with Gasteiger partial charge in [-0.1, -0.05) is 30.3 Å². The van der Waals surface area contributed by atoms with Crippen LogP contribution in [-0.4, -0.2) is 37.7 Å². The second-order valence-electron chi connectivity index (χ2n) is 5.62. The van der Waals surface area contributed by atoms with Gasteiger partial charge in [0.1, 0.15) is 12.9 Å². The zero-order chi connectivity index (χ0) is 15.6. The molecule has 1 amide bonds. The second-order valence-corrected chi connectivity index (χ2v) is 6.89. The third-order valence-corrected chi connectivity index (χ3v) is 4.85. The second kappa shape index (κ2) is 6.00. The van der Waals surface area contributed by atoms with Crippen LogP contribution in [0.4, 0.5) is 0 Å². The molecule has 1 aromatic carbocycles. The first-order valence-corrected chi connectivity index (χ1v) is 8.70. The number of hydrogen-bond acceptors (Lipinski definition) is 4. The molecule has 7 heteroatoms. The Balaban J connectivity index is 1.59. The van der Waals surface area contributed by atoms with Gasteiger partial charge in [-0.05, 0) is 18.4 Å². The highest BCUT2D eigenvalue weighted by molar-refractivity contribution is 7.84. The van der Waals surface area contributed by atoms with Crippen LogP contribution in [-0.2, 0) is 27.6 Å². The lowest BCUT2D eigenvalue weighted by atomic mass is 9.96. The van der Waals surface area contributed by atoms with E-state index < -0.39 is 10.8 Å². The standard InChI is InChI=1S/C15H18N4O2S/c1-22(21)14-18-17-11-19(14)9-13(20)16-10-15(7-8-15)12-5-3-2-4-6-12/h2-6,11H,7-10H2,1H3,(H,16,20). The summed E-state index contributed by atoms with van der Waals surface area (Å²) in [5, 5.41) is 10.8. The van der Waals surface area contributed by atoms with Crippen molar-refractivity contribution in [2.75, 3.05) is 12.8 Å². The Morgan fingerprint density at radius 2 is 2.09 bits per heavy atom. The Hall–Kier alpha value is -2.02. The zero-order valence-corrected chi connectivity index (χ0v) is 13.2. The van der Waals surface area contributed by atoms with Crippen molar-refractivity contribution in [3.63, 3.8) is 0 Å². The third-order valence-electron chi connectivity index (χ3n) is 4.01. The molecule has 1 aliphatic rings. The summed E-state index contributed by atoms with van der Waals surface area (Å²) in [5.41, 5.74) is 1.36. The largest absolute Gasteiger partial charge is 0.354 e. The van der Waals surface area contributed by atoms with Crippen LogP contribution < -0.4 is 5.32 Å². The average Bonchev–Trinajstić information content (AvgIpc) is 3.18. The molecule has 0 radical (unpaired) electrons. The van der Waals surface area contributed by atoms with Crippen LogP contribution in [0.1, 0.15) is 18.4 Å². The summed E-state index contributed by atoms with van der Waals surface area (Å²) >= 11 is 0. The van der Waals surface area contributed by atoms with E-state index in [-0.39, 0.29) is 17.9 Å². The van der Waals surface area contributed by atoms with Gasteiger partial charge < -0.3 is 5.32 Å². The van der Waals surface area contributed by atoms with Gasteiger partial charge in [0.05, 0.1) is 10.8 Å². The quantitative estimate of drug-likeness (QED) is 0.857. The predicted molar refractivity (Wildman–Crippen MR) is 82.7 cm³/mol. The lowest BCUT2D eigenvalue weighted by Crippen LogP contribution is -2.34. The number of carbonyl (C=O) groups is 1. The summed E-state index contributed by atoms with van der Waals surface area (Å²) in [5.74, 6) is -0.117. The molecule has 6 nitrogen and oxygen atoms in total. The van der Waals surface area contributed by atoms with E-state index in [1.54, 1.807) is 0 Å². The molecule has 1 N–H and O–H groups in total. The molecule has 3 rings (SSSR count). The van der Waals surface area contributed by atoms with Crippen LogP contribution in [0.3, 0.4) is 0 Å². The minimum absolute atomic E-state index is 0.0838. The number of rotatable bonds is 6. The molecule has 0 spiro atoms. The minimum Gasteiger partial charge on any atom is -0.354 e. The summed E-state index contributed by atoms with van der Waals surface area (Å²) in [6.07, 6.45) is 5.13. The summed E-state index contributed by atoms with van der Waals surface area (Å²) in [4.78, 5) is 12.1. The molecule has 2 aromatic rings. The lowest BCUT2D eigenvalue weighted by Gasteiger charge is -2.16. The smallest absolute Gasteiger partial charge is 0.240 e. The first kappa shape index (κ1) is 14.9. The van der Waals surface area contributed by atoms with Crippen molar-refractivity contribution in [3.05, 3.63) is 42.2 Å². The molecule has 22 heavy (non-hydrogen) atoms. The first-order valence-electron chi connectivity index (χ1n) is 7.14. The van der Waals surface area contributed by atoms with E-state index in [0.29, 0.717) is 11.7 Å². The van der Waals surface area contributed by atoms with E-state index >= 15 is 0 Å². The van der Waals surface area contributed by atoms with E-state index in [9.17, 15) is 9.00 Å². The molecule has 0 aliphatic heterocycles. The molecule has 1 fully saturated rings. The van der Waals surface area contributed by atoms with E-state index in [0.717, 1.165) is 12.8 Å². The third kappa shape index (κ3) is 3.09. The fourth-order valence-electron chi connectivity index (χ4n) is 2.56. The Morgan fingerprint density at radius 3 is 2.73 bits per heavy atom. The van der Waals surface area contributed by atoms with Crippen molar-refractivity contribution < 1.29 is 9.00 Å². The van der Waals surface area contributed by atoms with Crippen LogP contribution in [0.2, 0.25) is 0 Å². The maximum atomic E-state index is 12.1. The van der Waals surface area contributed by atoms with Crippen molar-refractivity contribution in [2.24, 2.45) is 0 Å². The van der Waals surface area contributed by atoms with Gasteiger partial charge in [-0.3, -0.25) is 13.6 Å². The summed E-state index contributed by atoms with van der Waals surface area (Å²) in [6, 6.07) is 10.3. The number of amides is 1. The average molecular weight is 318 g/mol. The number of benzene rings is 1. The van der Waals surface area contributed by atoms with Crippen LogP contribution in [0.15, 0.2) is 41.8 Å². The van der Waals surface area contributed by atoms with Crippen molar-refractivity contribution in [2.45, 2.75) is 30.0 Å². The number of aromatic nitrogens is 3. The summed E-state index contributed by atoms with van der Waals surface area (Å²) in [6.45, 7) is 0.718. The van der Waals surface area contributed by atoms with Gasteiger partial charge in [0.2, 0.25) is 11.1 Å². The van der Waals surface area contributed by atoms with E-state index in [1.807, 2.05) is 18.2 Å². The highest BCUT2D eigenvalue weighted by Crippen LogP contribution is 2.47. The van der Waals surface area contributed by atoms with E-state index in [1.165, 1.54) is 22.7 Å². The molecule has 0 saturated heterocycles. The van der Waals surface area contributed by atoms with E-state index in [4.69, 9.17) is 0 Å². The maximum Gasteiger partial charge on any atom is 0.240 e. The Kier molecular flexibility index (Phi) is 4.06. The predicted octanol–water partition coefficient (Wildman–Crippen LogP) is 0.863. The number of nitrogens with zero attached hydrogens (tertiary/aromatic N) is 3. The molecule has 1 unspecified atom stereocenters. The Bertz CT molecular complexity index is 695. The van der Waals surface area contributed by atoms with Gasteiger partial charge in [0.15, 0.2) is 0 Å². The monoisotopic (exact) mass is 318 g/mol. The normalized spacial score (nSPS) is 17.0. The fraction of sp³-hybridized carbons (Fsp3) is 0.400. The summed E-state index contributed by atoms with van der Waals surface area (Å²) in [7, 11) is -1.25. The van der Waals surface area contributed by atoms with Gasteiger partial charge in [-0.2, -0.15) is 0 Å². The Labute approximate surface area is 131 Å². The van der Waals surface area contributed by atoms with Crippen LogP contribution in [0, 0.1) is 0 Å². The molecule has 1 heterocycles. The topological polar surface area (TPSA) is 76.9 Å². The number of hydrogen-bond donors (Lipinski definition) is 1.